The number of ether oxygens (including phenoxy) is 1. The van der Waals surface area contributed by atoms with Gasteiger partial charge in [0.15, 0.2) is 0 Å². The van der Waals surface area contributed by atoms with Crippen LogP contribution < -0.4 is 10.2 Å². The minimum Gasteiger partial charge on any atom is -0.378 e. The lowest BCUT2D eigenvalue weighted by Crippen LogP contribution is -2.47. The number of likely N-dealkylation sites (N-methyl/N-ethyl adjacent to an activating group) is 1. The van der Waals surface area contributed by atoms with Crippen molar-refractivity contribution in [2.45, 2.75) is 25.4 Å². The van der Waals surface area contributed by atoms with Gasteiger partial charge in [-0.2, -0.15) is 0 Å². The van der Waals surface area contributed by atoms with E-state index in [1.54, 1.807) is 17.4 Å². The predicted octanol–water partition coefficient (Wildman–Crippen LogP) is 3.72. The van der Waals surface area contributed by atoms with E-state index >= 15 is 0 Å². The molecule has 1 aromatic carbocycles. The van der Waals surface area contributed by atoms with E-state index in [0.29, 0.717) is 31.1 Å². The molecule has 11 nitrogen and oxygen atoms in total. The van der Waals surface area contributed by atoms with Crippen molar-refractivity contribution in [3.8, 4) is 11.3 Å². The van der Waals surface area contributed by atoms with Gasteiger partial charge < -0.3 is 24.8 Å². The third-order valence-corrected chi connectivity index (χ3v) is 8.18. The van der Waals surface area contributed by atoms with Crippen LogP contribution in [0, 0.1) is 0 Å². The number of hydrogen-bond donors (Lipinski definition) is 2. The molecule has 0 aliphatic carbocycles. The number of anilines is 2. The van der Waals surface area contributed by atoms with Gasteiger partial charge in [-0.1, -0.05) is 18.7 Å². The zero-order valence-corrected chi connectivity index (χ0v) is 24.3. The van der Waals surface area contributed by atoms with Crippen molar-refractivity contribution in [3.63, 3.8) is 0 Å². The van der Waals surface area contributed by atoms with E-state index in [2.05, 4.69) is 47.7 Å². The Morgan fingerprint density at radius 2 is 1.93 bits per heavy atom. The molecule has 2 amide bonds. The van der Waals surface area contributed by atoms with E-state index in [0.717, 1.165) is 72.7 Å². The molecule has 0 unspecified atom stereocenters. The van der Waals surface area contributed by atoms with Crippen LogP contribution in [0.1, 0.15) is 28.9 Å². The number of hydrogen-bond acceptors (Lipinski definition) is 8. The zero-order chi connectivity index (χ0) is 29.8. The number of benzene rings is 1. The Bertz CT molecular complexity index is 1610. The van der Waals surface area contributed by atoms with Gasteiger partial charge in [-0.05, 0) is 66.9 Å². The number of nitrogens with zero attached hydrogens (tertiary/aromatic N) is 6. The molecule has 0 spiro atoms. The second kappa shape index (κ2) is 12.7. The Morgan fingerprint density at radius 1 is 1.12 bits per heavy atom. The third kappa shape index (κ3) is 6.42. The average Bonchev–Trinajstić information content (AvgIpc) is 3.50. The number of fused-ring (bicyclic) bond motifs is 1. The molecule has 2 N–H and O–H groups in total. The van der Waals surface area contributed by atoms with Crippen LogP contribution in [0.2, 0.25) is 0 Å². The number of carbonyl (C=O) groups is 2. The van der Waals surface area contributed by atoms with E-state index in [9.17, 15) is 9.59 Å². The van der Waals surface area contributed by atoms with Gasteiger partial charge in [-0.3, -0.25) is 19.5 Å². The molecule has 1 atom stereocenters. The number of pyridine rings is 1. The summed E-state index contributed by atoms with van der Waals surface area (Å²) >= 11 is 0. The van der Waals surface area contributed by atoms with E-state index in [4.69, 9.17) is 4.74 Å². The minimum absolute atomic E-state index is 0.0590. The number of H-pyrrole nitrogens is 1. The van der Waals surface area contributed by atoms with Crippen LogP contribution in [0.3, 0.4) is 0 Å². The van der Waals surface area contributed by atoms with Crippen LogP contribution in [-0.2, 0) is 16.1 Å². The SMILES string of the molecule is C=CC(=O)N(C)[C@@H]1CCCN(Cc2ccnc(C(=O)Nc3ccc(-c4cc5c(N6CCOCC6)ncnc5[nH]4)cc3)c2)C1. The molecule has 6 rings (SSSR count). The highest BCUT2D eigenvalue weighted by atomic mass is 16.5. The lowest BCUT2D eigenvalue weighted by atomic mass is 10.0. The van der Waals surface area contributed by atoms with Crippen LogP contribution in [0.5, 0.6) is 0 Å². The Kier molecular flexibility index (Phi) is 8.43. The van der Waals surface area contributed by atoms with Gasteiger partial charge in [0.25, 0.3) is 5.91 Å². The molecule has 0 bridgehead atoms. The largest absolute Gasteiger partial charge is 0.378 e. The summed E-state index contributed by atoms with van der Waals surface area (Å²) in [5.74, 6) is 0.583. The molecule has 2 fully saturated rings. The molecule has 2 saturated heterocycles. The third-order valence-electron chi connectivity index (χ3n) is 8.18. The van der Waals surface area contributed by atoms with Crippen LogP contribution in [0.25, 0.3) is 22.3 Å². The molecule has 3 aromatic heterocycles. The number of rotatable bonds is 8. The number of carbonyl (C=O) groups excluding carboxylic acids is 2. The number of aromatic amines is 1. The number of amides is 2. The fourth-order valence-corrected chi connectivity index (χ4v) is 5.81. The molecule has 43 heavy (non-hydrogen) atoms. The molecule has 2 aliphatic heterocycles. The molecule has 11 heteroatoms. The fraction of sp³-hybridized carbons (Fsp3) is 0.344. The number of likely N-dealkylation sites (tertiary alicyclic amines) is 1. The van der Waals surface area contributed by atoms with Gasteiger partial charge >= 0.3 is 0 Å². The summed E-state index contributed by atoms with van der Waals surface area (Å²) < 4.78 is 5.49. The second-order valence-electron chi connectivity index (χ2n) is 11.0. The molecule has 5 heterocycles. The minimum atomic E-state index is -0.265. The first-order chi connectivity index (χ1) is 21.0. The molecular weight excluding hydrogens is 544 g/mol. The molecule has 222 valence electrons. The lowest BCUT2D eigenvalue weighted by Gasteiger charge is -2.37. The van der Waals surface area contributed by atoms with Crippen molar-refractivity contribution >= 4 is 34.4 Å². The van der Waals surface area contributed by atoms with Crippen molar-refractivity contribution in [1.82, 2.24) is 29.7 Å². The van der Waals surface area contributed by atoms with Gasteiger partial charge in [-0.15, -0.1) is 0 Å². The summed E-state index contributed by atoms with van der Waals surface area (Å²) in [7, 11) is 1.83. The first kappa shape index (κ1) is 28.5. The van der Waals surface area contributed by atoms with Crippen molar-refractivity contribution in [2.24, 2.45) is 0 Å². The summed E-state index contributed by atoms with van der Waals surface area (Å²) in [4.78, 5) is 48.1. The van der Waals surface area contributed by atoms with E-state index < -0.39 is 0 Å². The summed E-state index contributed by atoms with van der Waals surface area (Å²) in [5, 5.41) is 3.94. The second-order valence-corrected chi connectivity index (χ2v) is 11.0. The number of morpholine rings is 1. The summed E-state index contributed by atoms with van der Waals surface area (Å²) in [6.07, 6.45) is 6.60. The van der Waals surface area contributed by atoms with Crippen molar-refractivity contribution < 1.29 is 14.3 Å². The summed E-state index contributed by atoms with van der Waals surface area (Å²) in [6.45, 7) is 8.99. The Morgan fingerprint density at radius 3 is 2.72 bits per heavy atom. The topological polar surface area (TPSA) is 120 Å². The maximum absolute atomic E-state index is 13.1. The Hall–Kier alpha value is -4.61. The van der Waals surface area contributed by atoms with Crippen LogP contribution in [0.4, 0.5) is 11.5 Å². The quantitative estimate of drug-likeness (QED) is 0.303. The van der Waals surface area contributed by atoms with Crippen LogP contribution in [-0.4, -0.2) is 94.0 Å². The van der Waals surface area contributed by atoms with Gasteiger partial charge in [0.2, 0.25) is 5.91 Å². The maximum atomic E-state index is 13.1. The van der Waals surface area contributed by atoms with Crippen molar-refractivity contribution in [3.05, 3.63) is 78.9 Å². The highest BCUT2D eigenvalue weighted by Gasteiger charge is 2.25. The van der Waals surface area contributed by atoms with Gasteiger partial charge in [0.1, 0.15) is 23.5 Å². The lowest BCUT2D eigenvalue weighted by molar-refractivity contribution is -0.127. The van der Waals surface area contributed by atoms with Crippen LogP contribution >= 0.6 is 0 Å². The molecular formula is C32H36N8O3. The van der Waals surface area contributed by atoms with Gasteiger partial charge in [0, 0.05) is 56.8 Å². The first-order valence-electron chi connectivity index (χ1n) is 14.6. The average molecular weight is 581 g/mol. The normalized spacial score (nSPS) is 17.5. The first-order valence-corrected chi connectivity index (χ1v) is 14.6. The van der Waals surface area contributed by atoms with E-state index in [1.807, 2.05) is 43.4 Å². The maximum Gasteiger partial charge on any atom is 0.274 e. The fourth-order valence-electron chi connectivity index (χ4n) is 5.81. The summed E-state index contributed by atoms with van der Waals surface area (Å²) in [5.41, 5.74) is 4.74. The Labute approximate surface area is 250 Å². The van der Waals surface area contributed by atoms with Gasteiger partial charge in [-0.25, -0.2) is 9.97 Å². The number of nitrogens with one attached hydrogen (secondary N) is 2. The number of aromatic nitrogens is 4. The smallest absolute Gasteiger partial charge is 0.274 e. The molecule has 2 aliphatic rings. The zero-order valence-electron chi connectivity index (χ0n) is 24.3. The van der Waals surface area contributed by atoms with Crippen molar-refractivity contribution in [1.29, 1.82) is 0 Å². The number of piperidine rings is 1. The molecule has 4 aromatic rings. The van der Waals surface area contributed by atoms with E-state index in [1.165, 1.54) is 6.08 Å². The van der Waals surface area contributed by atoms with Crippen LogP contribution in [0.15, 0.2) is 67.6 Å². The monoisotopic (exact) mass is 580 g/mol. The molecule has 0 saturated carbocycles. The van der Waals surface area contributed by atoms with Crippen molar-refractivity contribution in [2.75, 3.05) is 56.7 Å². The molecule has 0 radical (unpaired) electrons. The van der Waals surface area contributed by atoms with Gasteiger partial charge in [0.05, 0.1) is 18.6 Å². The van der Waals surface area contributed by atoms with E-state index in [-0.39, 0.29) is 17.9 Å². The summed E-state index contributed by atoms with van der Waals surface area (Å²) in [6, 6.07) is 13.7. The predicted molar refractivity (Wildman–Crippen MR) is 166 cm³/mol. The standard InChI is InChI=1S/C32H36N8O3/c1-3-29(41)38(2)25-5-4-12-39(20-25)19-22-10-11-33-28(17-22)32(42)36-24-8-6-23(7-9-24)27-18-26-30(37-27)34-21-35-31(26)40-13-15-43-16-14-40/h3,6-11,17-18,21,25H,1,4-5,12-16,19-20H2,2H3,(H,36,42)(H,34,35,37)/t25-/m1/s1. The highest BCUT2D eigenvalue weighted by molar-refractivity contribution is 6.03. The Balaban J connectivity index is 1.10. The highest BCUT2D eigenvalue weighted by Crippen LogP contribution is 2.30.